The zero-order chi connectivity index (χ0) is 13.3. The molecule has 98 valence electrons. The molecule has 7 nitrogen and oxygen atoms in total. The number of hydrogen-bond acceptors (Lipinski definition) is 4. The first-order valence-corrected chi connectivity index (χ1v) is 5.39. The average molecular weight is 246 g/mol. The molecule has 0 aliphatic heterocycles. The van der Waals surface area contributed by atoms with Crippen LogP contribution >= 0.6 is 0 Å². The number of imide groups is 1. The van der Waals surface area contributed by atoms with Crippen molar-refractivity contribution in [3.05, 3.63) is 0 Å². The number of unbranched alkanes of at least 4 members (excludes halogenated alkanes) is 1. The molecule has 0 saturated heterocycles. The van der Waals surface area contributed by atoms with Crippen LogP contribution in [-0.4, -0.2) is 42.3 Å². The molecule has 0 bridgehead atoms. The van der Waals surface area contributed by atoms with Gasteiger partial charge in [-0.2, -0.15) is 0 Å². The van der Waals surface area contributed by atoms with Crippen LogP contribution in [0.1, 0.15) is 26.7 Å². The van der Waals surface area contributed by atoms with E-state index in [9.17, 15) is 14.4 Å². The Morgan fingerprint density at radius 2 is 2.00 bits per heavy atom. The Bertz CT molecular complexity index is 280. The molecule has 0 aliphatic rings. The highest BCUT2D eigenvalue weighted by atomic mass is 16.5. The first kappa shape index (κ1) is 15.4. The summed E-state index contributed by atoms with van der Waals surface area (Å²) in [5, 5.41) is 13.0. The maximum absolute atomic E-state index is 11.1. The number of hydrogen-bond donors (Lipinski definition) is 3. The lowest BCUT2D eigenvalue weighted by molar-refractivity contribution is -0.150. The molecule has 0 aromatic carbocycles. The van der Waals surface area contributed by atoms with Crippen molar-refractivity contribution in [2.24, 2.45) is 0 Å². The van der Waals surface area contributed by atoms with Gasteiger partial charge in [-0.05, 0) is 13.3 Å². The Kier molecular flexibility index (Phi) is 7.70. The minimum absolute atomic E-state index is 0.464. The summed E-state index contributed by atoms with van der Waals surface area (Å²) in [5.41, 5.74) is 0. The van der Waals surface area contributed by atoms with E-state index in [1.165, 1.54) is 6.92 Å². The SMILES string of the molecule is CCCCNC(=O)NC(=O)CO[C@@H](C)C(=O)O. The molecule has 0 fully saturated rings. The predicted molar refractivity (Wildman–Crippen MR) is 59.5 cm³/mol. The highest BCUT2D eigenvalue weighted by Crippen LogP contribution is 1.89. The van der Waals surface area contributed by atoms with Gasteiger partial charge in [0.05, 0.1) is 0 Å². The maximum Gasteiger partial charge on any atom is 0.332 e. The van der Waals surface area contributed by atoms with Gasteiger partial charge in [0.25, 0.3) is 5.91 Å². The van der Waals surface area contributed by atoms with Crippen molar-refractivity contribution < 1.29 is 24.2 Å². The Balaban J connectivity index is 3.71. The summed E-state index contributed by atoms with van der Waals surface area (Å²) in [6.45, 7) is 3.31. The molecule has 0 aromatic heterocycles. The van der Waals surface area contributed by atoms with Gasteiger partial charge in [-0.3, -0.25) is 10.1 Å². The lowest BCUT2D eigenvalue weighted by atomic mass is 10.3. The highest BCUT2D eigenvalue weighted by Gasteiger charge is 2.14. The minimum Gasteiger partial charge on any atom is -0.479 e. The Morgan fingerprint density at radius 1 is 1.35 bits per heavy atom. The number of nitrogens with one attached hydrogen (secondary N) is 2. The molecular formula is C10H18N2O5. The smallest absolute Gasteiger partial charge is 0.332 e. The van der Waals surface area contributed by atoms with Crippen molar-refractivity contribution in [1.82, 2.24) is 10.6 Å². The lowest BCUT2D eigenvalue weighted by Crippen LogP contribution is -2.42. The predicted octanol–water partition coefficient (Wildman–Crippen LogP) is 0.102. The van der Waals surface area contributed by atoms with Crippen molar-refractivity contribution >= 4 is 17.9 Å². The Labute approximate surface area is 99.5 Å². The second kappa shape index (κ2) is 8.51. The van der Waals surface area contributed by atoms with Crippen molar-refractivity contribution in [3.63, 3.8) is 0 Å². The van der Waals surface area contributed by atoms with Crippen molar-refractivity contribution in [2.75, 3.05) is 13.2 Å². The standard InChI is InChI=1S/C10H18N2O5/c1-3-4-5-11-10(16)12-8(13)6-17-7(2)9(14)15/h7H,3-6H2,1-2H3,(H,14,15)(H2,11,12,13,16)/t7-/m0/s1. The summed E-state index contributed by atoms with van der Waals surface area (Å²) in [7, 11) is 0. The highest BCUT2D eigenvalue weighted by molar-refractivity contribution is 5.94. The van der Waals surface area contributed by atoms with Gasteiger partial charge in [-0.25, -0.2) is 9.59 Å². The van der Waals surface area contributed by atoms with Gasteiger partial charge in [0.1, 0.15) is 6.61 Å². The fourth-order valence-electron chi connectivity index (χ4n) is 0.858. The van der Waals surface area contributed by atoms with E-state index in [0.717, 1.165) is 12.8 Å². The number of carboxylic acid groups (broad SMARTS) is 1. The van der Waals surface area contributed by atoms with E-state index in [-0.39, 0.29) is 0 Å². The lowest BCUT2D eigenvalue weighted by Gasteiger charge is -2.08. The van der Waals surface area contributed by atoms with E-state index in [1.807, 2.05) is 12.2 Å². The number of carbonyl (C=O) groups excluding carboxylic acids is 2. The molecule has 0 rings (SSSR count). The topological polar surface area (TPSA) is 105 Å². The molecule has 0 aromatic rings. The second-order valence-corrected chi connectivity index (χ2v) is 3.45. The van der Waals surface area contributed by atoms with Crippen LogP contribution in [0.15, 0.2) is 0 Å². The molecule has 0 saturated carbocycles. The fraction of sp³-hybridized carbons (Fsp3) is 0.700. The van der Waals surface area contributed by atoms with E-state index < -0.39 is 30.6 Å². The first-order valence-electron chi connectivity index (χ1n) is 5.39. The van der Waals surface area contributed by atoms with Crippen molar-refractivity contribution in [1.29, 1.82) is 0 Å². The molecule has 17 heavy (non-hydrogen) atoms. The third kappa shape index (κ3) is 8.21. The summed E-state index contributed by atoms with van der Waals surface area (Å²) in [6, 6.07) is -0.602. The van der Waals surface area contributed by atoms with Gasteiger partial charge < -0.3 is 15.2 Å². The average Bonchev–Trinajstić information content (AvgIpc) is 2.26. The molecule has 0 spiro atoms. The van der Waals surface area contributed by atoms with E-state index in [1.54, 1.807) is 0 Å². The van der Waals surface area contributed by atoms with Crippen LogP contribution in [-0.2, 0) is 14.3 Å². The van der Waals surface area contributed by atoms with Crippen LogP contribution in [0.5, 0.6) is 0 Å². The van der Waals surface area contributed by atoms with E-state index >= 15 is 0 Å². The number of carboxylic acids is 1. The van der Waals surface area contributed by atoms with Gasteiger partial charge >= 0.3 is 12.0 Å². The number of ether oxygens (including phenoxy) is 1. The molecule has 0 aliphatic carbocycles. The fourth-order valence-corrected chi connectivity index (χ4v) is 0.858. The van der Waals surface area contributed by atoms with E-state index in [2.05, 4.69) is 5.32 Å². The molecule has 1 atom stereocenters. The second-order valence-electron chi connectivity index (χ2n) is 3.45. The summed E-state index contributed by atoms with van der Waals surface area (Å²) in [4.78, 5) is 32.6. The molecular weight excluding hydrogens is 228 g/mol. The molecule has 3 N–H and O–H groups in total. The van der Waals surface area contributed by atoms with Crippen molar-refractivity contribution in [2.45, 2.75) is 32.8 Å². The minimum atomic E-state index is -1.16. The van der Waals surface area contributed by atoms with Gasteiger partial charge in [0.2, 0.25) is 0 Å². The van der Waals surface area contributed by atoms with Gasteiger partial charge in [0, 0.05) is 6.54 Å². The number of urea groups is 1. The molecule has 0 unspecified atom stereocenters. The Morgan fingerprint density at radius 3 is 2.53 bits per heavy atom. The van der Waals surface area contributed by atoms with Crippen LogP contribution in [0.4, 0.5) is 4.79 Å². The Hall–Kier alpha value is -1.63. The van der Waals surface area contributed by atoms with E-state index in [4.69, 9.17) is 9.84 Å². The summed E-state index contributed by atoms with van der Waals surface area (Å²) >= 11 is 0. The van der Waals surface area contributed by atoms with E-state index in [0.29, 0.717) is 6.54 Å². The normalized spacial score (nSPS) is 11.6. The maximum atomic E-state index is 11.1. The van der Waals surface area contributed by atoms with Crippen LogP contribution in [0.2, 0.25) is 0 Å². The van der Waals surface area contributed by atoms with Crippen molar-refractivity contribution in [3.8, 4) is 0 Å². The molecule has 7 heteroatoms. The molecule has 3 amide bonds. The molecule has 0 heterocycles. The van der Waals surface area contributed by atoms with Gasteiger partial charge in [-0.15, -0.1) is 0 Å². The zero-order valence-electron chi connectivity index (χ0n) is 9.99. The third-order valence-electron chi connectivity index (χ3n) is 1.88. The van der Waals surface area contributed by atoms with Crippen LogP contribution < -0.4 is 10.6 Å². The summed E-state index contributed by atoms with van der Waals surface area (Å²) in [5.74, 6) is -1.84. The van der Waals surface area contributed by atoms with Gasteiger partial charge in [-0.1, -0.05) is 13.3 Å². The molecule has 0 radical (unpaired) electrons. The van der Waals surface area contributed by atoms with Gasteiger partial charge in [0.15, 0.2) is 6.10 Å². The number of aliphatic carboxylic acids is 1. The number of rotatable bonds is 7. The van der Waals surface area contributed by atoms with Crippen LogP contribution in [0.25, 0.3) is 0 Å². The quantitative estimate of drug-likeness (QED) is 0.553. The van der Waals surface area contributed by atoms with Crippen LogP contribution in [0, 0.1) is 0 Å². The monoisotopic (exact) mass is 246 g/mol. The first-order chi connectivity index (χ1) is 7.97. The van der Waals surface area contributed by atoms with Crippen LogP contribution in [0.3, 0.4) is 0 Å². The number of amides is 3. The summed E-state index contributed by atoms with van der Waals surface area (Å²) in [6.07, 6.45) is 0.686. The number of carbonyl (C=O) groups is 3. The largest absolute Gasteiger partial charge is 0.479 e. The zero-order valence-corrected chi connectivity index (χ0v) is 9.99. The third-order valence-corrected chi connectivity index (χ3v) is 1.88. The summed E-state index contributed by atoms with van der Waals surface area (Å²) < 4.78 is 4.70.